The first-order valence-electron chi connectivity index (χ1n) is 8.16. The van der Waals surface area contributed by atoms with Crippen molar-refractivity contribution in [2.24, 2.45) is 4.99 Å². The summed E-state index contributed by atoms with van der Waals surface area (Å²) in [5.41, 5.74) is 0. The minimum atomic E-state index is 0. The van der Waals surface area contributed by atoms with Crippen LogP contribution in [0.15, 0.2) is 9.52 Å². The third kappa shape index (κ3) is 6.25. The van der Waals surface area contributed by atoms with Crippen molar-refractivity contribution in [2.45, 2.75) is 45.6 Å². The zero-order chi connectivity index (χ0) is 16.7. The van der Waals surface area contributed by atoms with E-state index >= 15 is 0 Å². The van der Waals surface area contributed by atoms with E-state index < -0.39 is 0 Å². The quantitative estimate of drug-likeness (QED) is 0.292. The third-order valence-electron chi connectivity index (χ3n) is 3.84. The Morgan fingerprint density at radius 2 is 2.29 bits per heavy atom. The van der Waals surface area contributed by atoms with Crippen molar-refractivity contribution < 1.29 is 9.32 Å². The van der Waals surface area contributed by atoms with Gasteiger partial charge in [0.1, 0.15) is 0 Å². The summed E-state index contributed by atoms with van der Waals surface area (Å²) in [4.78, 5) is 22.0. The molecular formula is C15H27IN6O2. The molecule has 1 amide bonds. The van der Waals surface area contributed by atoms with Crippen molar-refractivity contribution in [3.8, 4) is 0 Å². The molecule has 1 aliphatic heterocycles. The molecular weight excluding hydrogens is 423 g/mol. The molecule has 2 heterocycles. The van der Waals surface area contributed by atoms with Gasteiger partial charge in [0.15, 0.2) is 11.8 Å². The van der Waals surface area contributed by atoms with Crippen LogP contribution in [-0.2, 0) is 11.2 Å². The van der Waals surface area contributed by atoms with Gasteiger partial charge in [0.05, 0.1) is 0 Å². The van der Waals surface area contributed by atoms with Crippen LogP contribution >= 0.6 is 24.0 Å². The third-order valence-corrected chi connectivity index (χ3v) is 3.84. The lowest BCUT2D eigenvalue weighted by Crippen LogP contribution is -2.45. The highest BCUT2D eigenvalue weighted by Gasteiger charge is 2.25. The molecule has 1 aromatic heterocycles. The summed E-state index contributed by atoms with van der Waals surface area (Å²) in [6, 6.07) is 0.260. The number of aliphatic imine (C=N–C) groups is 1. The first-order valence-corrected chi connectivity index (χ1v) is 8.16. The van der Waals surface area contributed by atoms with Gasteiger partial charge in [-0.1, -0.05) is 12.1 Å². The highest BCUT2D eigenvalue weighted by atomic mass is 127. The zero-order valence-electron chi connectivity index (χ0n) is 14.5. The van der Waals surface area contributed by atoms with Crippen LogP contribution in [0, 0.1) is 6.92 Å². The van der Waals surface area contributed by atoms with Gasteiger partial charge in [-0.05, 0) is 19.8 Å². The van der Waals surface area contributed by atoms with Crippen LogP contribution < -0.4 is 10.6 Å². The van der Waals surface area contributed by atoms with Crippen molar-refractivity contribution in [3.63, 3.8) is 0 Å². The summed E-state index contributed by atoms with van der Waals surface area (Å²) < 4.78 is 5.08. The van der Waals surface area contributed by atoms with Crippen LogP contribution in [0.3, 0.4) is 0 Å². The summed E-state index contributed by atoms with van der Waals surface area (Å²) in [7, 11) is 1.75. The Hall–Kier alpha value is -1.39. The molecule has 1 unspecified atom stereocenters. The van der Waals surface area contributed by atoms with Crippen LogP contribution in [0.2, 0.25) is 0 Å². The van der Waals surface area contributed by atoms with E-state index in [1.165, 1.54) is 0 Å². The first kappa shape index (κ1) is 20.7. The Balaban J connectivity index is 0.00000288. The number of carbonyl (C=O) groups is 1. The number of hydrogen-bond acceptors (Lipinski definition) is 5. The van der Waals surface area contributed by atoms with Gasteiger partial charge in [-0.2, -0.15) is 4.98 Å². The maximum atomic E-state index is 11.7. The Morgan fingerprint density at radius 1 is 1.50 bits per heavy atom. The van der Waals surface area contributed by atoms with E-state index in [-0.39, 0.29) is 35.9 Å². The van der Waals surface area contributed by atoms with Gasteiger partial charge in [-0.3, -0.25) is 9.79 Å². The Bertz CT molecular complexity index is 548. The summed E-state index contributed by atoms with van der Waals surface area (Å²) in [5.74, 6) is 2.31. The average Bonchev–Trinajstić information content (AvgIpc) is 3.18. The molecule has 8 nitrogen and oxygen atoms in total. The van der Waals surface area contributed by atoms with Crippen molar-refractivity contribution in [3.05, 3.63) is 11.7 Å². The molecule has 136 valence electrons. The molecule has 1 aromatic rings. The molecule has 2 N–H and O–H groups in total. The molecule has 1 aliphatic rings. The summed E-state index contributed by atoms with van der Waals surface area (Å²) in [6.07, 6.45) is 3.14. The van der Waals surface area contributed by atoms with Gasteiger partial charge >= 0.3 is 0 Å². The van der Waals surface area contributed by atoms with Crippen LogP contribution in [0.1, 0.15) is 37.9 Å². The normalized spacial score (nSPS) is 17.5. The van der Waals surface area contributed by atoms with Crippen molar-refractivity contribution in [1.82, 2.24) is 25.7 Å². The number of likely N-dealkylation sites (tertiary alicyclic amines) is 1. The number of carbonyl (C=O) groups excluding carboxylic acids is 1. The second kappa shape index (κ2) is 10.5. The van der Waals surface area contributed by atoms with Gasteiger partial charge in [0.2, 0.25) is 11.8 Å². The summed E-state index contributed by atoms with van der Waals surface area (Å²) in [5, 5.41) is 10.4. The lowest BCUT2D eigenvalue weighted by Gasteiger charge is -2.18. The SMILES string of the molecule is CCC(=O)N1CCC(NC(=NC)NCCCc2nc(C)no2)C1.I. The molecule has 2 rings (SSSR count). The fourth-order valence-electron chi connectivity index (χ4n) is 2.60. The predicted molar refractivity (Wildman–Crippen MR) is 103 cm³/mol. The molecule has 9 heteroatoms. The monoisotopic (exact) mass is 450 g/mol. The molecule has 0 aliphatic carbocycles. The standard InChI is InChI=1S/C15H26N6O2.HI/c1-4-14(22)21-9-7-12(10-21)19-15(16-3)17-8-5-6-13-18-11(2)20-23-13;/h12H,4-10H2,1-3H3,(H2,16,17,19);1H. The van der Waals surface area contributed by atoms with Gasteiger partial charge < -0.3 is 20.1 Å². The average molecular weight is 450 g/mol. The largest absolute Gasteiger partial charge is 0.356 e. The van der Waals surface area contributed by atoms with Crippen molar-refractivity contribution in [1.29, 1.82) is 0 Å². The maximum absolute atomic E-state index is 11.7. The van der Waals surface area contributed by atoms with Gasteiger partial charge in [0.25, 0.3) is 0 Å². The zero-order valence-corrected chi connectivity index (χ0v) is 16.9. The van der Waals surface area contributed by atoms with E-state index in [1.54, 1.807) is 7.05 Å². The number of halogens is 1. The molecule has 1 atom stereocenters. The first-order chi connectivity index (χ1) is 11.1. The number of rotatable bonds is 6. The second-order valence-electron chi connectivity index (χ2n) is 5.66. The molecule has 0 spiro atoms. The Labute approximate surface area is 159 Å². The number of aromatic nitrogens is 2. The highest BCUT2D eigenvalue weighted by Crippen LogP contribution is 2.10. The van der Waals surface area contributed by atoms with Crippen molar-refractivity contribution in [2.75, 3.05) is 26.7 Å². The van der Waals surface area contributed by atoms with E-state index in [0.29, 0.717) is 18.1 Å². The minimum Gasteiger partial charge on any atom is -0.356 e. The highest BCUT2D eigenvalue weighted by molar-refractivity contribution is 14.0. The maximum Gasteiger partial charge on any atom is 0.226 e. The van der Waals surface area contributed by atoms with Crippen molar-refractivity contribution >= 4 is 35.8 Å². The van der Waals surface area contributed by atoms with Gasteiger partial charge in [-0.15, -0.1) is 24.0 Å². The van der Waals surface area contributed by atoms with E-state index in [4.69, 9.17) is 4.52 Å². The fraction of sp³-hybridized carbons (Fsp3) is 0.733. The Kier molecular flexibility index (Phi) is 9.01. The van der Waals surface area contributed by atoms with Gasteiger partial charge in [0, 0.05) is 45.6 Å². The predicted octanol–water partition coefficient (Wildman–Crippen LogP) is 1.10. The summed E-state index contributed by atoms with van der Waals surface area (Å²) >= 11 is 0. The number of amides is 1. The molecule has 0 aromatic carbocycles. The molecule has 24 heavy (non-hydrogen) atoms. The van der Waals surface area contributed by atoms with E-state index in [0.717, 1.165) is 44.9 Å². The molecule has 1 saturated heterocycles. The van der Waals surface area contributed by atoms with E-state index in [9.17, 15) is 4.79 Å². The summed E-state index contributed by atoms with van der Waals surface area (Å²) in [6.45, 7) is 6.04. The molecule has 0 radical (unpaired) electrons. The van der Waals surface area contributed by atoms with Crippen LogP contribution in [0.4, 0.5) is 0 Å². The number of nitrogens with one attached hydrogen (secondary N) is 2. The number of hydrogen-bond donors (Lipinski definition) is 2. The molecule has 0 saturated carbocycles. The van der Waals surface area contributed by atoms with Gasteiger partial charge in [-0.25, -0.2) is 0 Å². The fourth-order valence-corrected chi connectivity index (χ4v) is 2.60. The topological polar surface area (TPSA) is 95.7 Å². The smallest absolute Gasteiger partial charge is 0.226 e. The Morgan fingerprint density at radius 3 is 2.92 bits per heavy atom. The van der Waals surface area contributed by atoms with Crippen LogP contribution in [0.5, 0.6) is 0 Å². The van der Waals surface area contributed by atoms with E-state index in [2.05, 4.69) is 25.8 Å². The number of nitrogens with zero attached hydrogens (tertiary/aromatic N) is 4. The second-order valence-corrected chi connectivity index (χ2v) is 5.66. The molecule has 1 fully saturated rings. The van der Waals surface area contributed by atoms with Crippen LogP contribution in [-0.4, -0.2) is 59.6 Å². The molecule has 0 bridgehead atoms. The lowest BCUT2D eigenvalue weighted by molar-refractivity contribution is -0.129. The number of guanidine groups is 1. The number of aryl methyl sites for hydroxylation is 2. The minimum absolute atomic E-state index is 0. The van der Waals surface area contributed by atoms with Crippen LogP contribution in [0.25, 0.3) is 0 Å². The van der Waals surface area contributed by atoms with E-state index in [1.807, 2.05) is 18.7 Å². The lowest BCUT2D eigenvalue weighted by atomic mass is 10.2.